The van der Waals surface area contributed by atoms with Crippen LogP contribution in [-0.4, -0.2) is 49.1 Å². The van der Waals surface area contributed by atoms with Gasteiger partial charge in [-0.05, 0) is 25.7 Å². The molecule has 0 aromatic carbocycles. The van der Waals surface area contributed by atoms with Gasteiger partial charge >= 0.3 is 11.9 Å². The number of carbonyl (C=O) groups is 2. The zero-order valence-electron chi connectivity index (χ0n) is 26.3. The van der Waals surface area contributed by atoms with Gasteiger partial charge in [0.05, 0.1) is 13.2 Å². The first-order valence-electron chi connectivity index (χ1n) is 16.3. The van der Waals surface area contributed by atoms with Crippen molar-refractivity contribution in [3.63, 3.8) is 0 Å². The molecule has 0 spiro atoms. The third kappa shape index (κ3) is 42.3. The maximum absolute atomic E-state index is 11.3. The van der Waals surface area contributed by atoms with Crippen LogP contribution in [0.25, 0.3) is 0 Å². The van der Waals surface area contributed by atoms with Crippen LogP contribution in [0.3, 0.4) is 0 Å². The van der Waals surface area contributed by atoms with Crippen molar-refractivity contribution in [1.29, 1.82) is 0 Å². The van der Waals surface area contributed by atoms with Gasteiger partial charge < -0.3 is 0 Å². The van der Waals surface area contributed by atoms with Gasteiger partial charge in [0, 0.05) is 36.7 Å². The second-order valence-corrected chi connectivity index (χ2v) is 10.4. The molecule has 232 valence electrons. The van der Waals surface area contributed by atoms with Crippen LogP contribution in [0.1, 0.15) is 182 Å². The largest absolute Gasteiger partial charge is 0.342 e. The molecule has 0 amide bonds. The van der Waals surface area contributed by atoms with Crippen molar-refractivity contribution in [2.75, 3.05) is 13.2 Å². The van der Waals surface area contributed by atoms with Gasteiger partial charge in [0.1, 0.15) is 0 Å². The summed E-state index contributed by atoms with van der Waals surface area (Å²) in [4.78, 5) is 41.5. The van der Waals surface area contributed by atoms with Gasteiger partial charge in [-0.1, -0.05) is 143 Å². The van der Waals surface area contributed by atoms with E-state index in [-0.39, 0.29) is 35.8 Å². The molecule has 0 unspecified atom stereocenters. The molecule has 6 nitrogen and oxygen atoms in total. The first kappa shape index (κ1) is 43.1. The molecule has 0 saturated carbocycles. The number of hydrogen-bond acceptors (Lipinski definition) is 6. The minimum absolute atomic E-state index is 0. The van der Waals surface area contributed by atoms with Crippen LogP contribution in [0.15, 0.2) is 0 Å². The molecular weight excluding hydrogens is 599 g/mol. The van der Waals surface area contributed by atoms with Crippen molar-refractivity contribution in [3.8, 4) is 0 Å². The van der Waals surface area contributed by atoms with Crippen molar-refractivity contribution in [2.24, 2.45) is 0 Å². The SMILES string of the molecule is CCCCCCCCCCCC(=O)OOCCCC.CCCCCCCCCCCC(=O)OOCCCC.[Sn]. The Morgan fingerprint density at radius 2 is 0.641 bits per heavy atom. The number of hydrogen-bond donors (Lipinski definition) is 0. The van der Waals surface area contributed by atoms with Crippen LogP contribution >= 0.6 is 0 Å². The van der Waals surface area contributed by atoms with Crippen molar-refractivity contribution in [3.05, 3.63) is 0 Å². The van der Waals surface area contributed by atoms with Crippen LogP contribution in [0, 0.1) is 0 Å². The molecule has 0 N–H and O–H groups in total. The maximum atomic E-state index is 11.3. The Kier molecular flexibility index (Phi) is 44.0. The Bertz CT molecular complexity index is 434. The second kappa shape index (κ2) is 39.8. The van der Waals surface area contributed by atoms with Crippen molar-refractivity contribution < 1.29 is 29.1 Å². The number of rotatable bonds is 28. The molecule has 0 fully saturated rings. The molecule has 0 aliphatic rings. The standard InChI is InChI=1S/2C16H32O3.Sn/c2*1-3-5-7-8-9-10-11-12-13-14-16(17)19-18-15-6-4-2;/h2*3-15H2,1-2H3;. The topological polar surface area (TPSA) is 71.1 Å². The van der Waals surface area contributed by atoms with Gasteiger partial charge in [0.2, 0.25) is 0 Å². The van der Waals surface area contributed by atoms with Gasteiger partial charge in [-0.25, -0.2) is 9.59 Å². The zero-order chi connectivity index (χ0) is 28.4. The predicted molar refractivity (Wildman–Crippen MR) is 163 cm³/mol. The minimum Gasteiger partial charge on any atom is -0.298 e. The van der Waals surface area contributed by atoms with E-state index in [4.69, 9.17) is 9.78 Å². The van der Waals surface area contributed by atoms with Crippen molar-refractivity contribution in [2.45, 2.75) is 182 Å². The summed E-state index contributed by atoms with van der Waals surface area (Å²) in [7, 11) is 0. The van der Waals surface area contributed by atoms with Gasteiger partial charge in [-0.15, -0.1) is 0 Å². The van der Waals surface area contributed by atoms with E-state index in [9.17, 15) is 9.59 Å². The number of unbranched alkanes of at least 4 members (excludes halogenated alkanes) is 18. The van der Waals surface area contributed by atoms with Crippen LogP contribution in [0.4, 0.5) is 0 Å². The molecule has 0 aliphatic carbocycles. The van der Waals surface area contributed by atoms with Crippen LogP contribution < -0.4 is 0 Å². The summed E-state index contributed by atoms with van der Waals surface area (Å²) >= 11 is 0. The van der Waals surface area contributed by atoms with Gasteiger partial charge in [0.15, 0.2) is 0 Å². The Morgan fingerprint density at radius 1 is 0.385 bits per heavy atom. The van der Waals surface area contributed by atoms with Crippen molar-refractivity contribution in [1.82, 2.24) is 0 Å². The van der Waals surface area contributed by atoms with E-state index in [1.54, 1.807) is 0 Å². The molecule has 4 radical (unpaired) electrons. The normalized spacial score (nSPS) is 10.4. The quantitative estimate of drug-likeness (QED) is 0.0359. The third-order valence-corrected chi connectivity index (χ3v) is 6.44. The first-order valence-corrected chi connectivity index (χ1v) is 16.3. The zero-order valence-corrected chi connectivity index (χ0v) is 29.2. The van der Waals surface area contributed by atoms with E-state index in [0.717, 1.165) is 51.4 Å². The third-order valence-electron chi connectivity index (χ3n) is 6.44. The molecule has 0 rings (SSSR count). The molecule has 7 heteroatoms. The fourth-order valence-electron chi connectivity index (χ4n) is 3.86. The average molecular weight is 664 g/mol. The Labute approximate surface area is 259 Å². The Hall–Kier alpha value is -0.341. The molecule has 0 saturated heterocycles. The summed E-state index contributed by atoms with van der Waals surface area (Å²) in [5.74, 6) is -0.446. The Morgan fingerprint density at radius 3 is 0.923 bits per heavy atom. The van der Waals surface area contributed by atoms with E-state index in [0.29, 0.717) is 26.1 Å². The molecule has 0 aliphatic heterocycles. The summed E-state index contributed by atoms with van der Waals surface area (Å²) in [6, 6.07) is 0. The van der Waals surface area contributed by atoms with E-state index in [1.807, 2.05) is 0 Å². The monoisotopic (exact) mass is 664 g/mol. The first-order chi connectivity index (χ1) is 18.6. The maximum Gasteiger partial charge on any atom is 0.342 e. The van der Waals surface area contributed by atoms with E-state index in [2.05, 4.69) is 37.5 Å². The summed E-state index contributed by atoms with van der Waals surface area (Å²) in [5.41, 5.74) is 0. The summed E-state index contributed by atoms with van der Waals surface area (Å²) in [6.07, 6.45) is 27.6. The fraction of sp³-hybridized carbons (Fsp3) is 0.938. The second-order valence-electron chi connectivity index (χ2n) is 10.4. The Balaban J connectivity index is -0.000000648. The summed E-state index contributed by atoms with van der Waals surface area (Å²) in [6.45, 7) is 9.66. The van der Waals surface area contributed by atoms with Gasteiger partial charge in [-0.2, -0.15) is 9.78 Å². The molecular formula is C32H64O6Sn. The van der Waals surface area contributed by atoms with Gasteiger partial charge in [0.25, 0.3) is 0 Å². The summed E-state index contributed by atoms with van der Waals surface area (Å²) < 4.78 is 0. The molecule has 0 atom stereocenters. The molecule has 0 heterocycles. The van der Waals surface area contributed by atoms with E-state index < -0.39 is 0 Å². The fourth-order valence-corrected chi connectivity index (χ4v) is 3.86. The van der Waals surface area contributed by atoms with Crippen LogP contribution in [-0.2, 0) is 29.1 Å². The van der Waals surface area contributed by atoms with E-state index >= 15 is 0 Å². The predicted octanol–water partition coefficient (Wildman–Crippen LogP) is 9.98. The molecule has 39 heavy (non-hydrogen) atoms. The smallest absolute Gasteiger partial charge is 0.298 e. The number of carbonyl (C=O) groups excluding carboxylic acids is 2. The van der Waals surface area contributed by atoms with Gasteiger partial charge in [-0.3, -0.25) is 9.78 Å². The van der Waals surface area contributed by atoms with E-state index in [1.165, 1.54) is 89.9 Å². The van der Waals surface area contributed by atoms with Crippen LogP contribution in [0.5, 0.6) is 0 Å². The molecule has 0 aromatic heterocycles. The average Bonchev–Trinajstić information content (AvgIpc) is 2.92. The molecule has 0 aromatic rings. The van der Waals surface area contributed by atoms with Crippen molar-refractivity contribution >= 4 is 35.8 Å². The van der Waals surface area contributed by atoms with Crippen LogP contribution in [0.2, 0.25) is 0 Å². The summed E-state index contributed by atoms with van der Waals surface area (Å²) in [5, 5.41) is 0. The molecule has 0 bridgehead atoms. The minimum atomic E-state index is -0.223.